The molecule has 1 amide bonds. The number of hydrogen-bond acceptors (Lipinski definition) is 8. The number of rotatable bonds is 7. The van der Waals surface area contributed by atoms with Crippen molar-refractivity contribution in [3.63, 3.8) is 0 Å². The van der Waals surface area contributed by atoms with Crippen LogP contribution in [-0.4, -0.2) is 57.5 Å². The molecule has 0 spiro atoms. The molecule has 1 unspecified atom stereocenters. The SMILES string of the molecule is COc1ccc(NC(=O)CN2CCCC(c3ccnc(Nc4cncnc4)n3)C2)cc1. The zero-order valence-corrected chi connectivity index (χ0v) is 17.4. The normalized spacial score (nSPS) is 16.5. The average Bonchev–Trinajstić information content (AvgIpc) is 2.80. The monoisotopic (exact) mass is 419 g/mol. The highest BCUT2D eigenvalue weighted by molar-refractivity contribution is 5.92. The number of nitrogens with one attached hydrogen (secondary N) is 2. The van der Waals surface area contributed by atoms with Crippen LogP contribution in [-0.2, 0) is 4.79 Å². The van der Waals surface area contributed by atoms with Gasteiger partial charge in [0.15, 0.2) is 0 Å². The maximum Gasteiger partial charge on any atom is 0.238 e. The molecule has 31 heavy (non-hydrogen) atoms. The third-order valence-corrected chi connectivity index (χ3v) is 5.16. The number of carbonyl (C=O) groups is 1. The van der Waals surface area contributed by atoms with Crippen LogP contribution in [0, 0.1) is 0 Å². The summed E-state index contributed by atoms with van der Waals surface area (Å²) in [7, 11) is 1.62. The fourth-order valence-electron chi connectivity index (χ4n) is 3.67. The first-order valence-corrected chi connectivity index (χ1v) is 10.2. The standard InChI is InChI=1S/C22H25N7O2/c1-31-19-6-4-17(5-7-19)26-21(30)14-29-10-2-3-16(13-29)20-8-9-25-22(28-20)27-18-11-23-15-24-12-18/h4-9,11-12,15-16H,2-3,10,13-14H2,1H3,(H,26,30)(H,25,27,28). The minimum absolute atomic E-state index is 0.0278. The summed E-state index contributed by atoms with van der Waals surface area (Å²) in [5.74, 6) is 1.50. The predicted molar refractivity (Wildman–Crippen MR) is 117 cm³/mol. The fourth-order valence-corrected chi connectivity index (χ4v) is 3.67. The Labute approximate surface area is 180 Å². The van der Waals surface area contributed by atoms with Gasteiger partial charge in [-0.3, -0.25) is 9.69 Å². The van der Waals surface area contributed by atoms with Gasteiger partial charge < -0.3 is 15.4 Å². The molecule has 160 valence electrons. The summed E-state index contributed by atoms with van der Waals surface area (Å²) >= 11 is 0. The molecule has 0 saturated carbocycles. The van der Waals surface area contributed by atoms with E-state index in [9.17, 15) is 4.79 Å². The van der Waals surface area contributed by atoms with Gasteiger partial charge in [-0.2, -0.15) is 0 Å². The molecule has 0 aliphatic carbocycles. The van der Waals surface area contributed by atoms with Crippen LogP contribution in [0.15, 0.2) is 55.2 Å². The van der Waals surface area contributed by atoms with E-state index in [1.165, 1.54) is 6.33 Å². The molecule has 1 atom stereocenters. The number of ether oxygens (including phenoxy) is 1. The third kappa shape index (κ3) is 5.73. The number of anilines is 3. The molecule has 2 N–H and O–H groups in total. The number of carbonyl (C=O) groups excluding carboxylic acids is 1. The van der Waals surface area contributed by atoms with Crippen molar-refractivity contribution >= 4 is 23.2 Å². The van der Waals surface area contributed by atoms with Crippen LogP contribution in [0.25, 0.3) is 0 Å². The van der Waals surface area contributed by atoms with Crippen LogP contribution in [0.2, 0.25) is 0 Å². The summed E-state index contributed by atoms with van der Waals surface area (Å²) in [6, 6.07) is 9.27. The van der Waals surface area contributed by atoms with E-state index in [4.69, 9.17) is 4.74 Å². The minimum atomic E-state index is -0.0278. The van der Waals surface area contributed by atoms with Gasteiger partial charge in [0.25, 0.3) is 0 Å². The summed E-state index contributed by atoms with van der Waals surface area (Å²) in [5, 5.41) is 6.08. The van der Waals surface area contributed by atoms with Gasteiger partial charge in [0.05, 0.1) is 37.4 Å². The molecule has 9 heteroatoms. The van der Waals surface area contributed by atoms with Crippen molar-refractivity contribution in [2.24, 2.45) is 0 Å². The lowest BCUT2D eigenvalue weighted by Crippen LogP contribution is -2.40. The number of benzene rings is 1. The van der Waals surface area contributed by atoms with Crippen molar-refractivity contribution in [2.45, 2.75) is 18.8 Å². The Morgan fingerprint density at radius 2 is 1.97 bits per heavy atom. The summed E-state index contributed by atoms with van der Waals surface area (Å²) in [6.07, 6.45) is 8.62. The minimum Gasteiger partial charge on any atom is -0.497 e. The van der Waals surface area contributed by atoms with Gasteiger partial charge in [-0.05, 0) is 49.7 Å². The molecule has 9 nitrogen and oxygen atoms in total. The lowest BCUT2D eigenvalue weighted by Gasteiger charge is -2.32. The highest BCUT2D eigenvalue weighted by Crippen LogP contribution is 2.26. The molecule has 4 rings (SSSR count). The first-order valence-electron chi connectivity index (χ1n) is 10.2. The number of amides is 1. The average molecular weight is 419 g/mol. The van der Waals surface area contributed by atoms with E-state index < -0.39 is 0 Å². The highest BCUT2D eigenvalue weighted by atomic mass is 16.5. The van der Waals surface area contributed by atoms with Crippen molar-refractivity contribution < 1.29 is 9.53 Å². The summed E-state index contributed by atoms with van der Waals surface area (Å²) in [5.41, 5.74) is 2.46. The Kier molecular flexibility index (Phi) is 6.63. The van der Waals surface area contributed by atoms with Crippen molar-refractivity contribution in [3.8, 4) is 5.75 Å². The smallest absolute Gasteiger partial charge is 0.238 e. The maximum atomic E-state index is 12.5. The zero-order valence-electron chi connectivity index (χ0n) is 17.4. The van der Waals surface area contributed by atoms with E-state index in [0.29, 0.717) is 12.5 Å². The van der Waals surface area contributed by atoms with Crippen LogP contribution >= 0.6 is 0 Å². The molecule has 2 aromatic heterocycles. The number of likely N-dealkylation sites (tertiary alicyclic amines) is 1. The van der Waals surface area contributed by atoms with Crippen molar-refractivity contribution in [3.05, 3.63) is 60.9 Å². The summed E-state index contributed by atoms with van der Waals surface area (Å²) < 4.78 is 5.15. The van der Waals surface area contributed by atoms with Gasteiger partial charge in [-0.25, -0.2) is 19.9 Å². The first-order chi connectivity index (χ1) is 15.2. The Hall–Kier alpha value is -3.59. The molecule has 1 fully saturated rings. The quantitative estimate of drug-likeness (QED) is 0.602. The van der Waals surface area contributed by atoms with Crippen LogP contribution in [0.5, 0.6) is 5.75 Å². The molecule has 1 aromatic carbocycles. The van der Waals surface area contributed by atoms with Gasteiger partial charge >= 0.3 is 0 Å². The molecule has 1 aliphatic heterocycles. The number of aromatic nitrogens is 4. The number of hydrogen-bond donors (Lipinski definition) is 2. The number of piperidine rings is 1. The van der Waals surface area contributed by atoms with Crippen molar-refractivity contribution in [1.29, 1.82) is 0 Å². The number of methoxy groups -OCH3 is 1. The molecule has 3 aromatic rings. The fraction of sp³-hybridized carbons (Fsp3) is 0.318. The third-order valence-electron chi connectivity index (χ3n) is 5.16. The Bertz CT molecular complexity index is 998. The maximum absolute atomic E-state index is 12.5. The van der Waals surface area contributed by atoms with Gasteiger partial charge in [0, 0.05) is 24.3 Å². The van der Waals surface area contributed by atoms with Gasteiger partial charge in [-0.15, -0.1) is 0 Å². The lowest BCUT2D eigenvalue weighted by atomic mass is 9.94. The van der Waals surface area contributed by atoms with Gasteiger partial charge in [0.1, 0.15) is 12.1 Å². The van der Waals surface area contributed by atoms with E-state index in [0.717, 1.165) is 48.7 Å². The van der Waals surface area contributed by atoms with Crippen LogP contribution < -0.4 is 15.4 Å². The van der Waals surface area contributed by atoms with Gasteiger partial charge in [0.2, 0.25) is 11.9 Å². The van der Waals surface area contributed by atoms with Crippen LogP contribution in [0.3, 0.4) is 0 Å². The molecular formula is C22H25N7O2. The lowest BCUT2D eigenvalue weighted by molar-refractivity contribution is -0.117. The van der Waals surface area contributed by atoms with E-state index in [1.807, 2.05) is 30.3 Å². The molecule has 1 saturated heterocycles. The highest BCUT2D eigenvalue weighted by Gasteiger charge is 2.24. The van der Waals surface area contributed by atoms with E-state index in [2.05, 4.69) is 35.5 Å². The molecule has 0 bridgehead atoms. The van der Waals surface area contributed by atoms with Crippen LogP contribution in [0.1, 0.15) is 24.5 Å². The van der Waals surface area contributed by atoms with Crippen molar-refractivity contribution in [2.75, 3.05) is 37.4 Å². The first kappa shape index (κ1) is 20.7. The second-order valence-electron chi connectivity index (χ2n) is 7.41. The predicted octanol–water partition coefficient (Wildman–Crippen LogP) is 2.84. The Morgan fingerprint density at radius 1 is 1.16 bits per heavy atom. The summed E-state index contributed by atoms with van der Waals surface area (Å²) in [6.45, 7) is 2.02. The Morgan fingerprint density at radius 3 is 2.74 bits per heavy atom. The molecule has 0 radical (unpaired) electrons. The second-order valence-corrected chi connectivity index (χ2v) is 7.41. The zero-order chi connectivity index (χ0) is 21.5. The summed E-state index contributed by atoms with van der Waals surface area (Å²) in [4.78, 5) is 31.6. The topological polar surface area (TPSA) is 105 Å². The van der Waals surface area contributed by atoms with E-state index in [-0.39, 0.29) is 11.8 Å². The second kappa shape index (κ2) is 9.94. The number of nitrogens with zero attached hydrogens (tertiary/aromatic N) is 5. The van der Waals surface area contributed by atoms with Gasteiger partial charge in [-0.1, -0.05) is 0 Å². The van der Waals surface area contributed by atoms with Crippen LogP contribution in [0.4, 0.5) is 17.3 Å². The molecular weight excluding hydrogens is 394 g/mol. The largest absolute Gasteiger partial charge is 0.497 e. The molecule has 3 heterocycles. The Balaban J connectivity index is 1.34. The molecule has 1 aliphatic rings. The van der Waals surface area contributed by atoms with E-state index >= 15 is 0 Å². The van der Waals surface area contributed by atoms with E-state index in [1.54, 1.807) is 25.7 Å². The van der Waals surface area contributed by atoms with Crippen molar-refractivity contribution in [1.82, 2.24) is 24.8 Å².